The predicted octanol–water partition coefficient (Wildman–Crippen LogP) is 2.62. The van der Waals surface area contributed by atoms with Crippen LogP contribution in [0.1, 0.15) is 40.0 Å². The van der Waals surface area contributed by atoms with Gasteiger partial charge in [-0.05, 0) is 18.8 Å². The van der Waals surface area contributed by atoms with Crippen molar-refractivity contribution in [3.63, 3.8) is 0 Å². The summed E-state index contributed by atoms with van der Waals surface area (Å²) in [5, 5.41) is 0. The predicted molar refractivity (Wildman–Crippen MR) is 49.9 cm³/mol. The summed E-state index contributed by atoms with van der Waals surface area (Å²) in [6, 6.07) is 0. The van der Waals surface area contributed by atoms with Gasteiger partial charge in [0.05, 0.1) is 13.0 Å². The van der Waals surface area contributed by atoms with Crippen LogP contribution in [-0.4, -0.2) is 13.1 Å². The molecule has 0 aromatic rings. The number of carbonyl (C=O) groups excluding carboxylic acids is 1. The summed E-state index contributed by atoms with van der Waals surface area (Å²) in [6.07, 6.45) is 3.25. The topological polar surface area (TPSA) is 26.3 Å². The molecule has 0 aliphatic carbocycles. The van der Waals surface area contributed by atoms with Gasteiger partial charge >= 0.3 is 5.97 Å². The molecule has 0 saturated carbocycles. The number of carbonyl (C=O) groups is 1. The summed E-state index contributed by atoms with van der Waals surface area (Å²) in [5.74, 6) is 0.694. The van der Waals surface area contributed by atoms with Crippen LogP contribution in [0.15, 0.2) is 0 Å². The van der Waals surface area contributed by atoms with Crippen LogP contribution in [0, 0.1) is 11.8 Å². The van der Waals surface area contributed by atoms with Gasteiger partial charge in [0.25, 0.3) is 0 Å². The Bertz CT molecular complexity index is 132. The van der Waals surface area contributed by atoms with Gasteiger partial charge in [-0.25, -0.2) is 0 Å². The number of rotatable bonds is 5. The molecule has 0 aromatic heterocycles. The highest BCUT2D eigenvalue weighted by Gasteiger charge is 2.13. The van der Waals surface area contributed by atoms with Gasteiger partial charge in [-0.15, -0.1) is 0 Å². The summed E-state index contributed by atoms with van der Waals surface area (Å²) in [4.78, 5) is 11.0. The fraction of sp³-hybridized carbons (Fsp3) is 0.900. The number of ether oxygens (including phenoxy) is 1. The first-order valence-corrected chi connectivity index (χ1v) is 4.69. The molecule has 0 rings (SSSR count). The molecule has 0 fully saturated rings. The minimum absolute atomic E-state index is 0.0593. The third-order valence-corrected chi connectivity index (χ3v) is 2.39. The van der Waals surface area contributed by atoms with Gasteiger partial charge in [-0.3, -0.25) is 4.79 Å². The molecular weight excluding hydrogens is 152 g/mol. The van der Waals surface area contributed by atoms with Crippen LogP contribution in [0.3, 0.4) is 0 Å². The quantitative estimate of drug-likeness (QED) is 0.596. The molecule has 0 amide bonds. The van der Waals surface area contributed by atoms with E-state index in [1.54, 1.807) is 0 Å². The van der Waals surface area contributed by atoms with Crippen LogP contribution in [0.5, 0.6) is 0 Å². The molecule has 0 aromatic carbocycles. The fourth-order valence-corrected chi connectivity index (χ4v) is 1.06. The molecule has 0 radical (unpaired) electrons. The van der Waals surface area contributed by atoms with E-state index in [0.717, 1.165) is 18.8 Å². The van der Waals surface area contributed by atoms with Gasteiger partial charge < -0.3 is 4.74 Å². The van der Waals surface area contributed by atoms with Crippen LogP contribution in [0.25, 0.3) is 0 Å². The standard InChI is InChI=1S/C10H20O2/c1-5-8(2)6-7-9(3)10(11)12-4/h8-9H,5-7H2,1-4H3/t8?,9-/m0/s1. The lowest BCUT2D eigenvalue weighted by Gasteiger charge is -2.11. The smallest absolute Gasteiger partial charge is 0.308 e. The Morgan fingerprint density at radius 1 is 1.33 bits per heavy atom. The zero-order valence-corrected chi connectivity index (χ0v) is 8.59. The maximum atomic E-state index is 11.0. The molecule has 0 heterocycles. The van der Waals surface area contributed by atoms with E-state index in [-0.39, 0.29) is 11.9 Å². The number of esters is 1. The van der Waals surface area contributed by atoms with Crippen molar-refractivity contribution < 1.29 is 9.53 Å². The Morgan fingerprint density at radius 2 is 1.92 bits per heavy atom. The third kappa shape index (κ3) is 4.37. The van der Waals surface area contributed by atoms with Crippen LogP contribution >= 0.6 is 0 Å². The van der Waals surface area contributed by atoms with Crippen molar-refractivity contribution in [3.05, 3.63) is 0 Å². The van der Waals surface area contributed by atoms with Crippen LogP contribution in [0.4, 0.5) is 0 Å². The van der Waals surface area contributed by atoms with Crippen LogP contribution < -0.4 is 0 Å². The van der Waals surface area contributed by atoms with Gasteiger partial charge in [0.2, 0.25) is 0 Å². The fourth-order valence-electron chi connectivity index (χ4n) is 1.06. The van der Waals surface area contributed by atoms with Gasteiger partial charge in [0, 0.05) is 0 Å². The van der Waals surface area contributed by atoms with E-state index in [9.17, 15) is 4.79 Å². The maximum Gasteiger partial charge on any atom is 0.308 e. The lowest BCUT2D eigenvalue weighted by atomic mass is 9.96. The highest BCUT2D eigenvalue weighted by atomic mass is 16.5. The number of hydrogen-bond acceptors (Lipinski definition) is 2. The first kappa shape index (κ1) is 11.5. The Hall–Kier alpha value is -0.530. The van der Waals surface area contributed by atoms with Gasteiger partial charge in [-0.1, -0.05) is 27.2 Å². The van der Waals surface area contributed by atoms with Crippen molar-refractivity contribution in [1.29, 1.82) is 0 Å². The Kier molecular flexibility index (Phi) is 5.77. The maximum absolute atomic E-state index is 11.0. The van der Waals surface area contributed by atoms with Gasteiger partial charge in [0.15, 0.2) is 0 Å². The average Bonchev–Trinajstić information content (AvgIpc) is 2.11. The van der Waals surface area contributed by atoms with E-state index in [1.807, 2.05) is 6.92 Å². The third-order valence-electron chi connectivity index (χ3n) is 2.39. The SMILES string of the molecule is CCC(C)CC[C@H](C)C(=O)OC. The summed E-state index contributed by atoms with van der Waals surface area (Å²) >= 11 is 0. The lowest BCUT2D eigenvalue weighted by Crippen LogP contribution is -2.13. The van der Waals surface area contributed by atoms with E-state index in [4.69, 9.17) is 0 Å². The molecule has 2 atom stereocenters. The molecule has 0 bridgehead atoms. The van der Waals surface area contributed by atoms with E-state index in [1.165, 1.54) is 13.5 Å². The Labute approximate surface area is 75.3 Å². The highest BCUT2D eigenvalue weighted by molar-refractivity contribution is 5.71. The summed E-state index contributed by atoms with van der Waals surface area (Å²) in [5.41, 5.74) is 0. The first-order chi connectivity index (χ1) is 5.61. The highest BCUT2D eigenvalue weighted by Crippen LogP contribution is 2.15. The second-order valence-electron chi connectivity index (χ2n) is 3.51. The minimum Gasteiger partial charge on any atom is -0.469 e. The summed E-state index contributed by atoms with van der Waals surface area (Å²) in [6.45, 7) is 6.31. The van der Waals surface area contributed by atoms with Crippen molar-refractivity contribution in [3.8, 4) is 0 Å². The van der Waals surface area contributed by atoms with Crippen molar-refractivity contribution in [2.75, 3.05) is 7.11 Å². The molecule has 2 heteroatoms. The molecule has 0 aliphatic heterocycles. The Morgan fingerprint density at radius 3 is 2.33 bits per heavy atom. The molecule has 0 saturated heterocycles. The molecule has 0 aliphatic rings. The van der Waals surface area contributed by atoms with Crippen LogP contribution in [0.2, 0.25) is 0 Å². The molecule has 12 heavy (non-hydrogen) atoms. The van der Waals surface area contributed by atoms with E-state index in [0.29, 0.717) is 0 Å². The van der Waals surface area contributed by atoms with E-state index >= 15 is 0 Å². The van der Waals surface area contributed by atoms with E-state index in [2.05, 4.69) is 18.6 Å². The normalized spacial score (nSPS) is 15.3. The molecular formula is C10H20O2. The molecule has 2 nitrogen and oxygen atoms in total. The lowest BCUT2D eigenvalue weighted by molar-refractivity contribution is -0.145. The number of methoxy groups -OCH3 is 1. The zero-order valence-electron chi connectivity index (χ0n) is 8.59. The first-order valence-electron chi connectivity index (χ1n) is 4.69. The second-order valence-corrected chi connectivity index (χ2v) is 3.51. The monoisotopic (exact) mass is 172 g/mol. The molecule has 72 valence electrons. The van der Waals surface area contributed by atoms with Crippen molar-refractivity contribution in [2.45, 2.75) is 40.0 Å². The van der Waals surface area contributed by atoms with Crippen molar-refractivity contribution in [1.82, 2.24) is 0 Å². The van der Waals surface area contributed by atoms with Crippen molar-refractivity contribution in [2.24, 2.45) is 11.8 Å². The van der Waals surface area contributed by atoms with E-state index < -0.39 is 0 Å². The number of hydrogen-bond donors (Lipinski definition) is 0. The molecule has 1 unspecified atom stereocenters. The van der Waals surface area contributed by atoms with Gasteiger partial charge in [-0.2, -0.15) is 0 Å². The van der Waals surface area contributed by atoms with Crippen LogP contribution in [-0.2, 0) is 9.53 Å². The summed E-state index contributed by atoms with van der Waals surface area (Å²) < 4.78 is 4.64. The average molecular weight is 172 g/mol. The van der Waals surface area contributed by atoms with Gasteiger partial charge in [0.1, 0.15) is 0 Å². The second kappa shape index (κ2) is 6.04. The molecule has 0 N–H and O–H groups in total. The van der Waals surface area contributed by atoms with Crippen molar-refractivity contribution >= 4 is 5.97 Å². The largest absolute Gasteiger partial charge is 0.469 e. The molecule has 0 spiro atoms. The Balaban J connectivity index is 3.56. The summed E-state index contributed by atoms with van der Waals surface area (Å²) in [7, 11) is 1.45. The minimum atomic E-state index is -0.0849. The zero-order chi connectivity index (χ0) is 9.56.